The van der Waals surface area contributed by atoms with Crippen LogP contribution in [-0.2, 0) is 13.0 Å². The van der Waals surface area contributed by atoms with Crippen LogP contribution in [0.5, 0.6) is 0 Å². The molecule has 0 bridgehead atoms. The smallest absolute Gasteiger partial charge is 0.287 e. The van der Waals surface area contributed by atoms with Gasteiger partial charge in [0, 0.05) is 28.2 Å². The maximum atomic E-state index is 12.7. The Hall–Kier alpha value is -3.26. The molecule has 7 nitrogen and oxygen atoms in total. The lowest BCUT2D eigenvalue weighted by atomic mass is 9.93. The molecule has 0 aliphatic heterocycles. The highest BCUT2D eigenvalue weighted by atomic mass is 79.9. The number of nitrogens with zero attached hydrogens (tertiary/aromatic N) is 2. The predicted molar refractivity (Wildman–Crippen MR) is 120 cm³/mol. The third kappa shape index (κ3) is 4.59. The second-order valence-corrected chi connectivity index (χ2v) is 8.05. The Kier molecular flexibility index (Phi) is 6.27. The monoisotopic (exact) mass is 480 g/mol. The molecule has 2 aromatic heterocycles. The van der Waals surface area contributed by atoms with E-state index in [1.165, 1.54) is 0 Å². The number of rotatable bonds is 5. The molecular weight excluding hydrogens is 460 g/mol. The maximum Gasteiger partial charge on any atom is 0.287 e. The summed E-state index contributed by atoms with van der Waals surface area (Å²) in [7, 11) is 0. The molecule has 3 aromatic rings. The van der Waals surface area contributed by atoms with Gasteiger partial charge in [0.15, 0.2) is 5.76 Å². The van der Waals surface area contributed by atoms with Gasteiger partial charge >= 0.3 is 0 Å². The Morgan fingerprint density at radius 2 is 1.94 bits per heavy atom. The van der Waals surface area contributed by atoms with E-state index in [0.29, 0.717) is 28.7 Å². The Bertz CT molecular complexity index is 1150. The van der Waals surface area contributed by atoms with Gasteiger partial charge in [0.2, 0.25) is 0 Å². The van der Waals surface area contributed by atoms with Gasteiger partial charge in [0.05, 0.1) is 23.5 Å². The topological polar surface area (TPSA) is 96.6 Å². The number of nitrogens with one attached hydrogen (secondary N) is 2. The minimum absolute atomic E-state index is 0.271. The highest BCUT2D eigenvalue weighted by Crippen LogP contribution is 2.30. The summed E-state index contributed by atoms with van der Waals surface area (Å²) in [6, 6.07) is 12.7. The third-order valence-corrected chi connectivity index (χ3v) is 5.79. The number of amides is 2. The summed E-state index contributed by atoms with van der Waals surface area (Å²) < 4.78 is 6.59. The summed E-state index contributed by atoms with van der Waals surface area (Å²) in [6.45, 7) is 2.15. The fourth-order valence-corrected chi connectivity index (χ4v) is 4.04. The van der Waals surface area contributed by atoms with Crippen molar-refractivity contribution in [2.45, 2.75) is 32.7 Å². The number of hydrogen-bond donors (Lipinski definition) is 2. The van der Waals surface area contributed by atoms with E-state index in [2.05, 4.69) is 36.8 Å². The van der Waals surface area contributed by atoms with Crippen LogP contribution in [0.15, 0.2) is 62.7 Å². The molecule has 0 saturated heterocycles. The number of aromatic nitrogens is 1. The number of carbonyl (C=O) groups is 2. The van der Waals surface area contributed by atoms with Crippen molar-refractivity contribution in [1.29, 1.82) is 0 Å². The number of carbonyl (C=O) groups excluding carboxylic acids is 2. The molecule has 0 fully saturated rings. The predicted octanol–water partition coefficient (Wildman–Crippen LogP) is 4.15. The molecule has 1 aliphatic carbocycles. The van der Waals surface area contributed by atoms with E-state index in [0.717, 1.165) is 35.4 Å². The molecule has 2 heterocycles. The Morgan fingerprint density at radius 1 is 1.13 bits per heavy atom. The summed E-state index contributed by atoms with van der Waals surface area (Å²) in [4.78, 5) is 29.4. The molecule has 0 atom stereocenters. The minimum atomic E-state index is -0.304. The number of halogens is 1. The van der Waals surface area contributed by atoms with Crippen molar-refractivity contribution >= 4 is 33.5 Å². The van der Waals surface area contributed by atoms with Crippen LogP contribution < -0.4 is 10.7 Å². The molecule has 1 aromatic carbocycles. The maximum absolute atomic E-state index is 12.7. The van der Waals surface area contributed by atoms with Crippen LogP contribution in [0.2, 0.25) is 0 Å². The Morgan fingerprint density at radius 3 is 2.71 bits per heavy atom. The lowest BCUT2D eigenvalue weighted by Crippen LogP contribution is -2.24. The van der Waals surface area contributed by atoms with Crippen molar-refractivity contribution in [2.75, 3.05) is 0 Å². The fourth-order valence-electron chi connectivity index (χ4n) is 3.57. The molecule has 4 rings (SSSR count). The quantitative estimate of drug-likeness (QED) is 0.536. The molecule has 0 radical (unpaired) electrons. The van der Waals surface area contributed by atoms with Gasteiger partial charge in [-0.15, -0.1) is 0 Å². The SMILES string of the molecule is Cc1c(C(=O)NCc2ccccn2)oc2c1/C(=N/NC(=O)c1ccccc1Br)CCC2. The van der Waals surface area contributed by atoms with E-state index >= 15 is 0 Å². The second kappa shape index (κ2) is 9.26. The number of furan rings is 1. The van der Waals surface area contributed by atoms with Crippen molar-refractivity contribution in [3.8, 4) is 0 Å². The van der Waals surface area contributed by atoms with Gasteiger partial charge in [-0.05, 0) is 60.0 Å². The van der Waals surface area contributed by atoms with E-state index in [1.54, 1.807) is 24.4 Å². The van der Waals surface area contributed by atoms with Crippen LogP contribution in [0.3, 0.4) is 0 Å². The van der Waals surface area contributed by atoms with Crippen molar-refractivity contribution in [1.82, 2.24) is 15.7 Å². The summed E-state index contributed by atoms with van der Waals surface area (Å²) in [5.74, 6) is 0.393. The number of pyridine rings is 1. The zero-order valence-electron chi connectivity index (χ0n) is 16.9. The van der Waals surface area contributed by atoms with Gasteiger partial charge < -0.3 is 9.73 Å². The van der Waals surface area contributed by atoms with Gasteiger partial charge in [-0.1, -0.05) is 18.2 Å². The van der Waals surface area contributed by atoms with E-state index < -0.39 is 0 Å². The number of fused-ring (bicyclic) bond motifs is 1. The summed E-state index contributed by atoms with van der Waals surface area (Å²) in [5.41, 5.74) is 6.14. The molecule has 1 aliphatic rings. The van der Waals surface area contributed by atoms with Gasteiger partial charge in [0.1, 0.15) is 5.76 Å². The van der Waals surface area contributed by atoms with Crippen molar-refractivity contribution in [3.63, 3.8) is 0 Å². The lowest BCUT2D eigenvalue weighted by molar-refractivity contribution is 0.0918. The van der Waals surface area contributed by atoms with Gasteiger partial charge in [-0.25, -0.2) is 5.43 Å². The number of hydrogen-bond acceptors (Lipinski definition) is 5. The first kappa shape index (κ1) is 21.0. The highest BCUT2D eigenvalue weighted by molar-refractivity contribution is 9.10. The standard InChI is InChI=1S/C23H21BrN4O3/c1-14-20-18(27-28-22(29)16-8-2-3-9-17(16)24)10-6-11-19(20)31-21(14)23(30)26-13-15-7-4-5-12-25-15/h2-5,7-9,12H,6,10-11,13H2,1H3,(H,26,30)(H,28,29)/b27-18+. The van der Waals surface area contributed by atoms with Crippen molar-refractivity contribution < 1.29 is 14.0 Å². The average molecular weight is 481 g/mol. The number of benzene rings is 1. The minimum Gasteiger partial charge on any atom is -0.455 e. The van der Waals surface area contributed by atoms with Crippen LogP contribution >= 0.6 is 15.9 Å². The van der Waals surface area contributed by atoms with E-state index in [4.69, 9.17) is 4.42 Å². The van der Waals surface area contributed by atoms with Gasteiger partial charge in [0.25, 0.3) is 11.8 Å². The molecule has 8 heteroatoms. The second-order valence-electron chi connectivity index (χ2n) is 7.19. The van der Waals surface area contributed by atoms with Crippen LogP contribution in [0, 0.1) is 6.92 Å². The zero-order chi connectivity index (χ0) is 21.8. The van der Waals surface area contributed by atoms with Gasteiger partial charge in [-0.2, -0.15) is 5.10 Å². The number of aryl methyl sites for hydroxylation is 1. The first-order chi connectivity index (χ1) is 15.0. The van der Waals surface area contributed by atoms with Crippen LogP contribution in [0.25, 0.3) is 0 Å². The summed E-state index contributed by atoms with van der Waals surface area (Å²) in [6.07, 6.45) is 3.93. The van der Waals surface area contributed by atoms with E-state index in [1.807, 2.05) is 31.2 Å². The molecule has 2 amide bonds. The fraction of sp³-hybridized carbons (Fsp3) is 0.217. The normalized spacial score (nSPS) is 14.2. The molecule has 0 saturated carbocycles. The van der Waals surface area contributed by atoms with E-state index in [-0.39, 0.29) is 17.6 Å². The lowest BCUT2D eigenvalue weighted by Gasteiger charge is -2.13. The van der Waals surface area contributed by atoms with Crippen LogP contribution in [0.4, 0.5) is 0 Å². The largest absolute Gasteiger partial charge is 0.455 e. The molecule has 0 unspecified atom stereocenters. The molecule has 0 spiro atoms. The first-order valence-corrected chi connectivity index (χ1v) is 10.8. The highest BCUT2D eigenvalue weighted by Gasteiger charge is 2.28. The molecule has 158 valence electrons. The van der Waals surface area contributed by atoms with Crippen molar-refractivity contribution in [2.24, 2.45) is 5.10 Å². The van der Waals surface area contributed by atoms with Crippen LogP contribution in [0.1, 0.15) is 56.3 Å². The van der Waals surface area contributed by atoms with Gasteiger partial charge in [-0.3, -0.25) is 14.6 Å². The molecular formula is C23H21BrN4O3. The third-order valence-electron chi connectivity index (χ3n) is 5.10. The summed E-state index contributed by atoms with van der Waals surface area (Å²) >= 11 is 3.38. The summed E-state index contributed by atoms with van der Waals surface area (Å²) in [5, 5.41) is 7.21. The van der Waals surface area contributed by atoms with E-state index in [9.17, 15) is 9.59 Å². The average Bonchev–Trinajstić information content (AvgIpc) is 3.14. The zero-order valence-corrected chi connectivity index (χ0v) is 18.5. The van der Waals surface area contributed by atoms with Crippen molar-refractivity contribution in [3.05, 3.63) is 87.0 Å². The Labute approximate surface area is 188 Å². The molecule has 31 heavy (non-hydrogen) atoms. The van der Waals surface area contributed by atoms with Crippen LogP contribution in [-0.4, -0.2) is 22.5 Å². The molecule has 2 N–H and O–H groups in total. The number of hydrazone groups is 1. The first-order valence-electron chi connectivity index (χ1n) is 9.96. The Balaban J connectivity index is 1.52.